The van der Waals surface area contributed by atoms with Crippen LogP contribution in [0.2, 0.25) is 0 Å². The van der Waals surface area contributed by atoms with Crippen molar-refractivity contribution in [3.63, 3.8) is 0 Å². The summed E-state index contributed by atoms with van der Waals surface area (Å²) in [7, 11) is 0. The van der Waals surface area contributed by atoms with Gasteiger partial charge in [0.25, 0.3) is 0 Å². The number of amides is 1. The standard InChI is InChI=1S/C19H26N4OS2/c1-3-23-17(13-25-16-9-7-15(2)8-10-16)20-21-19(23)26-14-18(24)22-11-5-4-6-12-22/h7-10H,3-6,11-14H2,1-2H3. The zero-order valence-electron chi connectivity index (χ0n) is 15.5. The average Bonchev–Trinajstić information content (AvgIpc) is 3.08. The predicted molar refractivity (Wildman–Crippen MR) is 108 cm³/mol. The maximum Gasteiger partial charge on any atom is 0.233 e. The van der Waals surface area contributed by atoms with E-state index >= 15 is 0 Å². The van der Waals surface area contributed by atoms with E-state index in [0.29, 0.717) is 5.75 Å². The van der Waals surface area contributed by atoms with Crippen molar-refractivity contribution in [1.82, 2.24) is 19.7 Å². The number of thioether (sulfide) groups is 2. The van der Waals surface area contributed by atoms with E-state index in [1.807, 2.05) is 4.90 Å². The van der Waals surface area contributed by atoms with Crippen LogP contribution in [0.5, 0.6) is 0 Å². The normalized spacial score (nSPS) is 14.6. The molecule has 3 rings (SSSR count). The highest BCUT2D eigenvalue weighted by Crippen LogP contribution is 2.25. The van der Waals surface area contributed by atoms with Gasteiger partial charge >= 0.3 is 0 Å². The van der Waals surface area contributed by atoms with Crippen LogP contribution < -0.4 is 0 Å². The van der Waals surface area contributed by atoms with E-state index in [9.17, 15) is 4.79 Å². The molecule has 0 bridgehead atoms. The molecule has 140 valence electrons. The third kappa shape index (κ3) is 5.04. The van der Waals surface area contributed by atoms with Gasteiger partial charge in [0.2, 0.25) is 5.91 Å². The Morgan fingerprint density at radius 3 is 2.50 bits per heavy atom. The van der Waals surface area contributed by atoms with E-state index in [4.69, 9.17) is 0 Å². The number of nitrogens with zero attached hydrogens (tertiary/aromatic N) is 4. The van der Waals surface area contributed by atoms with Gasteiger partial charge in [-0.1, -0.05) is 29.5 Å². The summed E-state index contributed by atoms with van der Waals surface area (Å²) in [4.78, 5) is 15.6. The molecule has 1 aliphatic heterocycles. The van der Waals surface area contributed by atoms with Crippen LogP contribution in [0.4, 0.5) is 0 Å². The van der Waals surface area contributed by atoms with Crippen molar-refractivity contribution < 1.29 is 4.79 Å². The van der Waals surface area contributed by atoms with Crippen molar-refractivity contribution in [3.8, 4) is 0 Å². The van der Waals surface area contributed by atoms with Gasteiger partial charge in [-0.25, -0.2) is 0 Å². The molecular weight excluding hydrogens is 364 g/mol. The third-order valence-corrected chi connectivity index (χ3v) is 6.49. The average molecular weight is 391 g/mol. The van der Waals surface area contributed by atoms with Gasteiger partial charge < -0.3 is 9.47 Å². The maximum absolute atomic E-state index is 12.4. The van der Waals surface area contributed by atoms with Gasteiger partial charge in [-0.15, -0.1) is 22.0 Å². The van der Waals surface area contributed by atoms with Crippen molar-refractivity contribution in [2.75, 3.05) is 18.8 Å². The lowest BCUT2D eigenvalue weighted by Crippen LogP contribution is -2.36. The van der Waals surface area contributed by atoms with Crippen LogP contribution in [0.15, 0.2) is 34.3 Å². The number of hydrogen-bond acceptors (Lipinski definition) is 5. The van der Waals surface area contributed by atoms with Gasteiger partial charge in [0.05, 0.1) is 11.5 Å². The number of benzene rings is 1. The number of aromatic nitrogens is 3. The quantitative estimate of drug-likeness (QED) is 0.669. The Morgan fingerprint density at radius 2 is 1.81 bits per heavy atom. The molecule has 1 saturated heterocycles. The first-order valence-electron chi connectivity index (χ1n) is 9.19. The molecule has 1 aliphatic rings. The summed E-state index contributed by atoms with van der Waals surface area (Å²) in [5.41, 5.74) is 1.27. The Labute approximate surface area is 163 Å². The molecule has 5 nitrogen and oxygen atoms in total. The molecule has 2 aromatic rings. The van der Waals surface area contributed by atoms with E-state index in [1.165, 1.54) is 28.6 Å². The van der Waals surface area contributed by atoms with E-state index in [-0.39, 0.29) is 5.91 Å². The second-order valence-electron chi connectivity index (χ2n) is 6.47. The summed E-state index contributed by atoms with van der Waals surface area (Å²) in [6.07, 6.45) is 3.49. The second kappa shape index (κ2) is 9.46. The summed E-state index contributed by atoms with van der Waals surface area (Å²) >= 11 is 3.27. The Hall–Kier alpha value is -1.47. The number of carbonyl (C=O) groups is 1. The molecule has 1 aromatic heterocycles. The van der Waals surface area contributed by atoms with E-state index < -0.39 is 0 Å². The number of hydrogen-bond donors (Lipinski definition) is 0. The van der Waals surface area contributed by atoms with Gasteiger partial charge in [-0.2, -0.15) is 0 Å². The van der Waals surface area contributed by atoms with Crippen molar-refractivity contribution in [3.05, 3.63) is 35.7 Å². The zero-order valence-corrected chi connectivity index (χ0v) is 17.1. The molecule has 1 fully saturated rings. The Bertz CT molecular complexity index is 724. The highest BCUT2D eigenvalue weighted by atomic mass is 32.2. The molecule has 7 heteroatoms. The van der Waals surface area contributed by atoms with Crippen LogP contribution in [0.25, 0.3) is 0 Å². The summed E-state index contributed by atoms with van der Waals surface area (Å²) in [5.74, 6) is 2.41. The summed E-state index contributed by atoms with van der Waals surface area (Å²) in [6, 6.07) is 8.53. The molecule has 0 spiro atoms. The van der Waals surface area contributed by atoms with Gasteiger partial charge in [-0.3, -0.25) is 4.79 Å². The Kier molecular flexibility index (Phi) is 7.02. The van der Waals surface area contributed by atoms with Crippen LogP contribution in [0, 0.1) is 6.92 Å². The Morgan fingerprint density at radius 1 is 1.08 bits per heavy atom. The SMILES string of the molecule is CCn1c(CSc2ccc(C)cc2)nnc1SCC(=O)N1CCCCC1. The topological polar surface area (TPSA) is 51.0 Å². The first-order chi connectivity index (χ1) is 12.7. The van der Waals surface area contributed by atoms with Gasteiger partial charge in [0.15, 0.2) is 5.16 Å². The number of likely N-dealkylation sites (tertiary alicyclic amines) is 1. The molecular formula is C19H26N4OS2. The maximum atomic E-state index is 12.4. The summed E-state index contributed by atoms with van der Waals surface area (Å²) in [5, 5.41) is 9.52. The smallest absolute Gasteiger partial charge is 0.233 e. The third-order valence-electron chi connectivity index (χ3n) is 4.53. The van der Waals surface area contributed by atoms with Crippen LogP contribution in [0.3, 0.4) is 0 Å². The molecule has 0 saturated carbocycles. The fourth-order valence-corrected chi connectivity index (χ4v) is 4.76. The molecule has 0 radical (unpaired) electrons. The fraction of sp³-hybridized carbons (Fsp3) is 0.526. The number of rotatable bonds is 7. The Balaban J connectivity index is 1.56. The molecule has 26 heavy (non-hydrogen) atoms. The molecule has 0 unspecified atom stereocenters. The van der Waals surface area contributed by atoms with Gasteiger partial charge in [-0.05, 0) is 45.2 Å². The first-order valence-corrected chi connectivity index (χ1v) is 11.2. The van der Waals surface area contributed by atoms with Crippen LogP contribution in [0.1, 0.15) is 37.6 Å². The second-order valence-corrected chi connectivity index (χ2v) is 8.47. The summed E-state index contributed by atoms with van der Waals surface area (Å²) in [6.45, 7) is 6.81. The van der Waals surface area contributed by atoms with E-state index in [1.54, 1.807) is 11.8 Å². The van der Waals surface area contributed by atoms with Gasteiger partial charge in [0, 0.05) is 24.5 Å². The van der Waals surface area contributed by atoms with Crippen LogP contribution >= 0.6 is 23.5 Å². The predicted octanol–water partition coefficient (Wildman–Crippen LogP) is 4.00. The lowest BCUT2D eigenvalue weighted by atomic mass is 10.1. The first kappa shape index (κ1) is 19.3. The summed E-state index contributed by atoms with van der Waals surface area (Å²) < 4.78 is 2.12. The van der Waals surface area contributed by atoms with Crippen LogP contribution in [-0.4, -0.2) is 44.4 Å². The van der Waals surface area contributed by atoms with Crippen molar-refractivity contribution >= 4 is 29.4 Å². The minimum absolute atomic E-state index is 0.218. The number of aryl methyl sites for hydroxylation is 1. The monoisotopic (exact) mass is 390 g/mol. The molecule has 1 amide bonds. The van der Waals surface area contributed by atoms with Crippen molar-refractivity contribution in [2.45, 2.75) is 55.5 Å². The fourth-order valence-electron chi connectivity index (χ4n) is 2.99. The minimum Gasteiger partial charge on any atom is -0.342 e. The lowest BCUT2D eigenvalue weighted by Gasteiger charge is -2.26. The molecule has 0 N–H and O–H groups in total. The number of carbonyl (C=O) groups excluding carboxylic acids is 1. The largest absolute Gasteiger partial charge is 0.342 e. The molecule has 1 aromatic carbocycles. The van der Waals surface area contributed by atoms with Crippen molar-refractivity contribution in [2.24, 2.45) is 0 Å². The molecule has 2 heterocycles. The molecule has 0 atom stereocenters. The molecule has 0 aliphatic carbocycles. The lowest BCUT2D eigenvalue weighted by molar-refractivity contribution is -0.129. The van der Waals surface area contributed by atoms with Crippen molar-refractivity contribution in [1.29, 1.82) is 0 Å². The zero-order chi connectivity index (χ0) is 18.4. The highest BCUT2D eigenvalue weighted by Gasteiger charge is 2.18. The minimum atomic E-state index is 0.218. The number of piperidine rings is 1. The highest BCUT2D eigenvalue weighted by molar-refractivity contribution is 7.99. The van der Waals surface area contributed by atoms with E-state index in [0.717, 1.165) is 49.2 Å². The van der Waals surface area contributed by atoms with Gasteiger partial charge in [0.1, 0.15) is 5.82 Å². The van der Waals surface area contributed by atoms with E-state index in [2.05, 4.69) is 52.9 Å². The van der Waals surface area contributed by atoms with Crippen LogP contribution in [-0.2, 0) is 17.1 Å².